The molecular weight excluding hydrogens is 291 g/mol. The highest BCUT2D eigenvalue weighted by Gasteiger charge is 2.28. The standard InChI is InChI=1S/C15H15O3PS/c16-19(20,17-14-8-2-1-3-9-14)18-15-10-12-6-4-5-7-13(12)11-15/h1-9,15H,10-11H2,(H,16,20). The Morgan fingerprint density at radius 1 is 0.950 bits per heavy atom. The molecule has 20 heavy (non-hydrogen) atoms. The van der Waals surface area contributed by atoms with Crippen molar-refractivity contribution in [3.8, 4) is 5.75 Å². The Morgan fingerprint density at radius 2 is 1.50 bits per heavy atom. The third kappa shape index (κ3) is 3.28. The fourth-order valence-electron chi connectivity index (χ4n) is 2.42. The molecule has 3 rings (SSSR count). The zero-order valence-electron chi connectivity index (χ0n) is 10.8. The Kier molecular flexibility index (Phi) is 3.90. The topological polar surface area (TPSA) is 38.7 Å². The lowest BCUT2D eigenvalue weighted by atomic mass is 10.1. The number of hydrogen-bond donors (Lipinski definition) is 1. The molecule has 0 bridgehead atoms. The van der Waals surface area contributed by atoms with Crippen molar-refractivity contribution in [3.63, 3.8) is 0 Å². The highest BCUT2D eigenvalue weighted by atomic mass is 32.5. The van der Waals surface area contributed by atoms with E-state index in [0.29, 0.717) is 5.75 Å². The molecule has 1 N–H and O–H groups in total. The van der Waals surface area contributed by atoms with Crippen LogP contribution in [0.4, 0.5) is 0 Å². The minimum absolute atomic E-state index is 0.105. The lowest BCUT2D eigenvalue weighted by molar-refractivity contribution is 0.181. The minimum atomic E-state index is -3.26. The molecule has 0 aromatic heterocycles. The van der Waals surface area contributed by atoms with Gasteiger partial charge in [0.25, 0.3) is 0 Å². The van der Waals surface area contributed by atoms with Gasteiger partial charge in [0.2, 0.25) is 0 Å². The summed E-state index contributed by atoms with van der Waals surface area (Å²) in [6.45, 7) is -3.26. The quantitative estimate of drug-likeness (QED) is 0.878. The van der Waals surface area contributed by atoms with E-state index in [1.165, 1.54) is 11.1 Å². The Morgan fingerprint density at radius 3 is 2.10 bits per heavy atom. The molecule has 0 saturated carbocycles. The molecule has 2 aromatic carbocycles. The van der Waals surface area contributed by atoms with Crippen LogP contribution >= 0.6 is 6.72 Å². The predicted molar refractivity (Wildman–Crippen MR) is 82.3 cm³/mol. The summed E-state index contributed by atoms with van der Waals surface area (Å²) in [7, 11) is 0. The molecular formula is C15H15O3PS. The van der Waals surface area contributed by atoms with Gasteiger partial charge in [-0.1, -0.05) is 42.5 Å². The number of benzene rings is 2. The predicted octanol–water partition coefficient (Wildman–Crippen LogP) is 3.47. The summed E-state index contributed by atoms with van der Waals surface area (Å²) in [5, 5.41) is 0. The summed E-state index contributed by atoms with van der Waals surface area (Å²) >= 11 is 5.10. The summed E-state index contributed by atoms with van der Waals surface area (Å²) in [6.07, 6.45) is 1.44. The Labute approximate surface area is 123 Å². The normalized spacial score (nSPS) is 17.4. The summed E-state index contributed by atoms with van der Waals surface area (Å²) in [5.74, 6) is 0.536. The minimum Gasteiger partial charge on any atom is -0.424 e. The fraction of sp³-hybridized carbons (Fsp3) is 0.200. The van der Waals surface area contributed by atoms with Crippen molar-refractivity contribution >= 4 is 18.5 Å². The van der Waals surface area contributed by atoms with E-state index in [-0.39, 0.29) is 6.10 Å². The molecule has 1 unspecified atom stereocenters. The van der Waals surface area contributed by atoms with Gasteiger partial charge in [0.05, 0.1) is 6.10 Å². The maximum atomic E-state index is 10.2. The highest BCUT2D eigenvalue weighted by molar-refractivity contribution is 8.07. The van der Waals surface area contributed by atoms with Crippen molar-refractivity contribution in [2.45, 2.75) is 18.9 Å². The van der Waals surface area contributed by atoms with E-state index in [9.17, 15) is 4.89 Å². The van der Waals surface area contributed by atoms with Gasteiger partial charge in [-0.15, -0.1) is 0 Å². The van der Waals surface area contributed by atoms with Crippen molar-refractivity contribution < 1.29 is 13.9 Å². The lowest BCUT2D eigenvalue weighted by Gasteiger charge is -2.20. The van der Waals surface area contributed by atoms with Gasteiger partial charge >= 0.3 is 6.72 Å². The second-order valence-electron chi connectivity index (χ2n) is 4.78. The monoisotopic (exact) mass is 306 g/mol. The van der Waals surface area contributed by atoms with E-state index in [4.69, 9.17) is 20.9 Å². The molecule has 5 heteroatoms. The Balaban J connectivity index is 1.65. The van der Waals surface area contributed by atoms with Crippen molar-refractivity contribution in [1.82, 2.24) is 0 Å². The maximum absolute atomic E-state index is 10.2. The third-order valence-electron chi connectivity index (χ3n) is 3.26. The first-order chi connectivity index (χ1) is 9.62. The largest absolute Gasteiger partial charge is 0.424 e. The van der Waals surface area contributed by atoms with E-state index < -0.39 is 6.72 Å². The van der Waals surface area contributed by atoms with Crippen LogP contribution in [0.15, 0.2) is 54.6 Å². The van der Waals surface area contributed by atoms with Gasteiger partial charge in [0, 0.05) is 11.8 Å². The van der Waals surface area contributed by atoms with E-state index >= 15 is 0 Å². The van der Waals surface area contributed by atoms with E-state index in [1.54, 1.807) is 12.1 Å². The van der Waals surface area contributed by atoms with Gasteiger partial charge in [-0.2, -0.15) is 0 Å². The summed E-state index contributed by atoms with van der Waals surface area (Å²) in [4.78, 5) is 10.2. The van der Waals surface area contributed by atoms with Gasteiger partial charge in [-0.05, 0) is 36.1 Å². The smallest absolute Gasteiger partial charge is 0.378 e. The van der Waals surface area contributed by atoms with Gasteiger partial charge in [0.15, 0.2) is 0 Å². The first kappa shape index (κ1) is 13.8. The van der Waals surface area contributed by atoms with Crippen LogP contribution in [0.1, 0.15) is 11.1 Å². The van der Waals surface area contributed by atoms with Crippen LogP contribution in [-0.4, -0.2) is 11.0 Å². The molecule has 0 aliphatic heterocycles. The van der Waals surface area contributed by atoms with Gasteiger partial charge in [-0.3, -0.25) is 4.52 Å². The fourth-order valence-corrected chi connectivity index (χ4v) is 4.00. The van der Waals surface area contributed by atoms with Crippen molar-refractivity contribution in [1.29, 1.82) is 0 Å². The molecule has 0 amide bonds. The van der Waals surface area contributed by atoms with Crippen molar-refractivity contribution in [2.75, 3.05) is 0 Å². The third-order valence-corrected chi connectivity index (χ3v) is 4.75. The second-order valence-corrected chi connectivity index (χ2v) is 7.49. The van der Waals surface area contributed by atoms with Crippen molar-refractivity contribution in [2.24, 2.45) is 0 Å². The first-order valence-corrected chi connectivity index (χ1v) is 9.04. The molecule has 3 nitrogen and oxygen atoms in total. The molecule has 0 spiro atoms. The molecule has 0 heterocycles. The zero-order chi connectivity index (χ0) is 14.0. The molecule has 0 saturated heterocycles. The van der Waals surface area contributed by atoms with Crippen LogP contribution in [-0.2, 0) is 29.2 Å². The second kappa shape index (κ2) is 5.66. The zero-order valence-corrected chi connectivity index (χ0v) is 12.5. The molecule has 0 fully saturated rings. The van der Waals surface area contributed by atoms with Crippen LogP contribution in [0, 0.1) is 0 Å². The van der Waals surface area contributed by atoms with E-state index in [2.05, 4.69) is 12.1 Å². The summed E-state index contributed by atoms with van der Waals surface area (Å²) < 4.78 is 11.1. The van der Waals surface area contributed by atoms with Crippen LogP contribution < -0.4 is 4.52 Å². The average molecular weight is 306 g/mol. The molecule has 2 aromatic rings. The first-order valence-electron chi connectivity index (χ1n) is 6.45. The molecule has 1 atom stereocenters. The number of hydrogen-bond acceptors (Lipinski definition) is 3. The summed E-state index contributed by atoms with van der Waals surface area (Å²) in [5.41, 5.74) is 2.51. The molecule has 1 aliphatic rings. The van der Waals surface area contributed by atoms with Crippen LogP contribution in [0.3, 0.4) is 0 Å². The van der Waals surface area contributed by atoms with Gasteiger partial charge < -0.3 is 9.42 Å². The van der Waals surface area contributed by atoms with E-state index in [1.807, 2.05) is 30.3 Å². The molecule has 1 aliphatic carbocycles. The van der Waals surface area contributed by atoms with Crippen molar-refractivity contribution in [3.05, 3.63) is 65.7 Å². The number of rotatable bonds is 4. The summed E-state index contributed by atoms with van der Waals surface area (Å²) in [6, 6.07) is 17.2. The highest BCUT2D eigenvalue weighted by Crippen LogP contribution is 2.47. The van der Waals surface area contributed by atoms with E-state index in [0.717, 1.165) is 12.8 Å². The average Bonchev–Trinajstić information content (AvgIpc) is 2.80. The van der Waals surface area contributed by atoms with Crippen LogP contribution in [0.25, 0.3) is 0 Å². The van der Waals surface area contributed by atoms with Crippen LogP contribution in [0.2, 0.25) is 0 Å². The maximum Gasteiger partial charge on any atom is 0.378 e. The lowest BCUT2D eigenvalue weighted by Crippen LogP contribution is -2.12. The number of para-hydroxylation sites is 1. The van der Waals surface area contributed by atoms with Gasteiger partial charge in [0.1, 0.15) is 5.75 Å². The SMILES string of the molecule is OP(=S)(Oc1ccccc1)OC1Cc2ccccc2C1. The van der Waals surface area contributed by atoms with Crippen LogP contribution in [0.5, 0.6) is 5.75 Å². The number of fused-ring (bicyclic) bond motifs is 1. The molecule has 0 radical (unpaired) electrons. The Bertz CT molecular complexity index is 620. The molecule has 104 valence electrons. The Hall–Kier alpha value is -1.19. The van der Waals surface area contributed by atoms with Gasteiger partial charge in [-0.25, -0.2) is 0 Å².